The fourth-order valence-corrected chi connectivity index (χ4v) is 3.89. The molecule has 27 heavy (non-hydrogen) atoms. The van der Waals surface area contributed by atoms with E-state index in [1.807, 2.05) is 29.3 Å². The van der Waals surface area contributed by atoms with Gasteiger partial charge < -0.3 is 14.4 Å². The van der Waals surface area contributed by atoms with Crippen molar-refractivity contribution in [2.45, 2.75) is 44.8 Å². The Kier molecular flexibility index (Phi) is 5.34. The van der Waals surface area contributed by atoms with Crippen molar-refractivity contribution in [2.24, 2.45) is 0 Å². The number of aromatic nitrogens is 2. The molecule has 1 fully saturated rings. The molecule has 2 aromatic heterocycles. The first kappa shape index (κ1) is 17.9. The molecule has 0 bridgehead atoms. The van der Waals surface area contributed by atoms with Crippen molar-refractivity contribution < 1.29 is 14.3 Å². The van der Waals surface area contributed by atoms with Crippen molar-refractivity contribution in [1.29, 1.82) is 0 Å². The molecule has 1 aliphatic heterocycles. The number of methoxy groups -OCH3 is 1. The van der Waals surface area contributed by atoms with Crippen LogP contribution in [-0.2, 0) is 24.2 Å². The number of ether oxygens (including phenoxy) is 2. The maximum absolute atomic E-state index is 13.1. The van der Waals surface area contributed by atoms with Crippen molar-refractivity contribution in [3.8, 4) is 5.88 Å². The highest BCUT2D eigenvalue weighted by atomic mass is 16.5. The minimum Gasteiger partial charge on any atom is -0.480 e. The number of likely N-dealkylation sites (tertiary alicyclic amines) is 1. The maximum Gasteiger partial charge on any atom is 0.259 e. The zero-order valence-electron chi connectivity index (χ0n) is 15.7. The van der Waals surface area contributed by atoms with Crippen LogP contribution in [-0.4, -0.2) is 47.1 Å². The van der Waals surface area contributed by atoms with E-state index in [2.05, 4.69) is 9.97 Å². The quantitative estimate of drug-likeness (QED) is 0.813. The summed E-state index contributed by atoms with van der Waals surface area (Å²) in [5, 5.41) is 0. The number of pyridine rings is 2. The number of aryl methyl sites for hydroxylation is 2. The van der Waals surface area contributed by atoms with Crippen LogP contribution in [0.1, 0.15) is 46.4 Å². The van der Waals surface area contributed by atoms with E-state index in [4.69, 9.17) is 9.47 Å². The topological polar surface area (TPSA) is 64.5 Å². The van der Waals surface area contributed by atoms with Crippen LogP contribution in [0.4, 0.5) is 0 Å². The highest BCUT2D eigenvalue weighted by molar-refractivity contribution is 5.96. The van der Waals surface area contributed by atoms with Crippen LogP contribution in [0.25, 0.3) is 0 Å². The first-order valence-electron chi connectivity index (χ1n) is 9.61. The van der Waals surface area contributed by atoms with Gasteiger partial charge in [-0.05, 0) is 55.4 Å². The molecule has 6 heteroatoms. The van der Waals surface area contributed by atoms with Gasteiger partial charge in [0.2, 0.25) is 5.88 Å². The molecule has 1 saturated heterocycles. The fourth-order valence-electron chi connectivity index (χ4n) is 3.89. The van der Waals surface area contributed by atoms with Crippen LogP contribution >= 0.6 is 0 Å². The van der Waals surface area contributed by atoms with Crippen LogP contribution in [0.3, 0.4) is 0 Å². The molecule has 1 unspecified atom stereocenters. The molecular formula is C21H25N3O3. The van der Waals surface area contributed by atoms with Crippen molar-refractivity contribution in [3.05, 3.63) is 53.0 Å². The lowest BCUT2D eigenvalue weighted by Crippen LogP contribution is -2.43. The monoisotopic (exact) mass is 367 g/mol. The smallest absolute Gasteiger partial charge is 0.259 e. The highest BCUT2D eigenvalue weighted by Gasteiger charge is 2.29. The number of hydrogen-bond donors (Lipinski definition) is 0. The number of piperidine rings is 1. The number of hydrogen-bond acceptors (Lipinski definition) is 5. The minimum absolute atomic E-state index is 0.0104. The summed E-state index contributed by atoms with van der Waals surface area (Å²) in [4.78, 5) is 23.7. The number of nitrogens with zero attached hydrogens (tertiary/aromatic N) is 3. The normalized spacial score (nSPS) is 19.0. The molecule has 2 aliphatic rings. The van der Waals surface area contributed by atoms with E-state index in [1.54, 1.807) is 13.3 Å². The van der Waals surface area contributed by atoms with Gasteiger partial charge in [0.25, 0.3) is 5.91 Å². The summed E-state index contributed by atoms with van der Waals surface area (Å²) in [5.41, 5.74) is 3.87. The van der Waals surface area contributed by atoms with Gasteiger partial charge in [0.05, 0.1) is 19.8 Å². The second kappa shape index (κ2) is 8.05. The second-order valence-electron chi connectivity index (χ2n) is 7.19. The Morgan fingerprint density at radius 1 is 1.33 bits per heavy atom. The summed E-state index contributed by atoms with van der Waals surface area (Å²) in [7, 11) is 1.58. The Bertz CT molecular complexity index is 810. The largest absolute Gasteiger partial charge is 0.480 e. The van der Waals surface area contributed by atoms with E-state index in [0.717, 1.165) is 49.9 Å². The lowest BCUT2D eigenvalue weighted by molar-refractivity contribution is -0.00691. The number of rotatable bonds is 5. The molecule has 6 nitrogen and oxygen atoms in total. The van der Waals surface area contributed by atoms with E-state index in [0.29, 0.717) is 24.6 Å². The average Bonchev–Trinajstić information content (AvgIpc) is 3.19. The predicted octanol–water partition coefficient (Wildman–Crippen LogP) is 2.80. The van der Waals surface area contributed by atoms with E-state index in [1.165, 1.54) is 5.56 Å². The first-order chi connectivity index (χ1) is 13.2. The zero-order chi connectivity index (χ0) is 18.6. The van der Waals surface area contributed by atoms with Gasteiger partial charge >= 0.3 is 0 Å². The summed E-state index contributed by atoms with van der Waals surface area (Å²) in [6, 6.07) is 5.89. The van der Waals surface area contributed by atoms with Gasteiger partial charge in [0, 0.05) is 31.2 Å². The molecule has 1 amide bonds. The van der Waals surface area contributed by atoms with Gasteiger partial charge in [-0.2, -0.15) is 0 Å². The molecular weight excluding hydrogens is 342 g/mol. The van der Waals surface area contributed by atoms with Gasteiger partial charge in [-0.25, -0.2) is 4.98 Å². The Hall–Kier alpha value is -2.47. The Labute approximate surface area is 159 Å². The molecule has 0 spiro atoms. The average molecular weight is 367 g/mol. The predicted molar refractivity (Wildman–Crippen MR) is 101 cm³/mol. The zero-order valence-corrected chi connectivity index (χ0v) is 15.7. The third kappa shape index (κ3) is 3.95. The summed E-state index contributed by atoms with van der Waals surface area (Å²) in [6.07, 6.45) is 8.55. The standard InChI is InChI=1S/C21H25N3O3/c1-26-20-18(11-16-6-2-8-19(16)23-20)21(25)24-10-4-7-17(13-24)27-14-15-5-3-9-22-12-15/h3,5,9,11-12,17H,2,4,6-8,10,13-14H2,1H3. The Balaban J connectivity index is 1.44. The van der Waals surface area contributed by atoms with E-state index < -0.39 is 0 Å². The summed E-state index contributed by atoms with van der Waals surface area (Å²) in [6.45, 7) is 1.86. The van der Waals surface area contributed by atoms with E-state index in [-0.39, 0.29) is 12.0 Å². The second-order valence-corrected chi connectivity index (χ2v) is 7.19. The van der Waals surface area contributed by atoms with Crippen molar-refractivity contribution in [3.63, 3.8) is 0 Å². The first-order valence-corrected chi connectivity index (χ1v) is 9.61. The van der Waals surface area contributed by atoms with Crippen LogP contribution in [0.15, 0.2) is 30.6 Å². The molecule has 4 rings (SSSR count). The van der Waals surface area contributed by atoms with Crippen molar-refractivity contribution in [1.82, 2.24) is 14.9 Å². The fraction of sp³-hybridized carbons (Fsp3) is 0.476. The molecule has 0 saturated carbocycles. The Morgan fingerprint density at radius 3 is 3.07 bits per heavy atom. The number of fused-ring (bicyclic) bond motifs is 1. The molecule has 1 aliphatic carbocycles. The van der Waals surface area contributed by atoms with Crippen LogP contribution in [0, 0.1) is 0 Å². The van der Waals surface area contributed by atoms with Gasteiger partial charge in [-0.15, -0.1) is 0 Å². The summed E-state index contributed by atoms with van der Waals surface area (Å²) >= 11 is 0. The third-order valence-electron chi connectivity index (χ3n) is 5.31. The van der Waals surface area contributed by atoms with Gasteiger partial charge in [-0.1, -0.05) is 6.07 Å². The van der Waals surface area contributed by atoms with Crippen LogP contribution in [0.2, 0.25) is 0 Å². The van der Waals surface area contributed by atoms with Crippen LogP contribution in [0.5, 0.6) is 5.88 Å². The van der Waals surface area contributed by atoms with Crippen molar-refractivity contribution >= 4 is 5.91 Å². The minimum atomic E-state index is -0.0104. The van der Waals surface area contributed by atoms with Gasteiger partial charge in [0.1, 0.15) is 5.56 Å². The van der Waals surface area contributed by atoms with E-state index >= 15 is 0 Å². The lowest BCUT2D eigenvalue weighted by Gasteiger charge is -2.33. The molecule has 1 atom stereocenters. The molecule has 3 heterocycles. The lowest BCUT2D eigenvalue weighted by atomic mass is 10.1. The Morgan fingerprint density at radius 2 is 2.26 bits per heavy atom. The number of carbonyl (C=O) groups excluding carboxylic acids is 1. The summed E-state index contributed by atoms with van der Waals surface area (Å²) < 4.78 is 11.5. The highest BCUT2D eigenvalue weighted by Crippen LogP contribution is 2.28. The van der Waals surface area contributed by atoms with Crippen LogP contribution < -0.4 is 4.74 Å². The van der Waals surface area contributed by atoms with E-state index in [9.17, 15) is 4.79 Å². The van der Waals surface area contributed by atoms with Gasteiger partial charge in [0.15, 0.2) is 0 Å². The maximum atomic E-state index is 13.1. The third-order valence-corrected chi connectivity index (χ3v) is 5.31. The van der Waals surface area contributed by atoms with Crippen molar-refractivity contribution in [2.75, 3.05) is 20.2 Å². The molecule has 2 aromatic rings. The molecule has 0 aromatic carbocycles. The van der Waals surface area contributed by atoms with Gasteiger partial charge in [-0.3, -0.25) is 9.78 Å². The molecule has 0 N–H and O–H groups in total. The summed E-state index contributed by atoms with van der Waals surface area (Å²) in [5.74, 6) is 0.433. The SMILES string of the molecule is COc1nc2c(cc1C(=O)N1CCCC(OCc3cccnc3)C1)CCC2. The molecule has 0 radical (unpaired) electrons. The number of amides is 1. The molecule has 142 valence electrons. The number of carbonyl (C=O) groups is 1.